The van der Waals surface area contributed by atoms with Gasteiger partial charge in [-0.05, 0) is 61.7 Å². The molecule has 1 atom stereocenters. The van der Waals surface area contributed by atoms with Crippen LogP contribution < -0.4 is 14.4 Å². The Bertz CT molecular complexity index is 1340. The Morgan fingerprint density at radius 2 is 1.46 bits per heavy atom. The van der Waals surface area contributed by atoms with Gasteiger partial charge in [-0.3, -0.25) is 13.9 Å². The SMILES string of the molecule is Cc1ccc(CN(C(=O)CN(c2ccc(Oc3ccccc3)cc2)S(C)(=O)=O)[C@@H](C)C(=O)NCC(C)C)cc1. The fourth-order valence-electron chi connectivity index (χ4n) is 3.84. The van der Waals surface area contributed by atoms with Crippen molar-refractivity contribution in [1.82, 2.24) is 10.2 Å². The molecule has 0 aliphatic carbocycles. The highest BCUT2D eigenvalue weighted by Crippen LogP contribution is 2.26. The van der Waals surface area contributed by atoms with Crippen LogP contribution in [0.1, 0.15) is 31.9 Å². The number of rotatable bonds is 12. The summed E-state index contributed by atoms with van der Waals surface area (Å²) in [7, 11) is -3.82. The molecule has 208 valence electrons. The van der Waals surface area contributed by atoms with Crippen molar-refractivity contribution in [3.8, 4) is 11.5 Å². The van der Waals surface area contributed by atoms with Gasteiger partial charge in [-0.2, -0.15) is 0 Å². The summed E-state index contributed by atoms with van der Waals surface area (Å²) in [5, 5.41) is 2.87. The molecule has 0 radical (unpaired) electrons. The minimum atomic E-state index is -3.82. The molecule has 0 bridgehead atoms. The lowest BCUT2D eigenvalue weighted by molar-refractivity contribution is -0.139. The molecule has 39 heavy (non-hydrogen) atoms. The first-order valence-electron chi connectivity index (χ1n) is 12.9. The number of carbonyl (C=O) groups excluding carboxylic acids is 2. The van der Waals surface area contributed by atoms with E-state index in [9.17, 15) is 18.0 Å². The number of hydrogen-bond donors (Lipinski definition) is 1. The maximum Gasteiger partial charge on any atom is 0.244 e. The molecule has 3 aromatic rings. The predicted octanol–water partition coefficient (Wildman–Crippen LogP) is 4.74. The lowest BCUT2D eigenvalue weighted by atomic mass is 10.1. The standard InChI is InChI=1S/C30H37N3O5S/c1-22(2)19-31-30(35)24(4)32(20-25-13-11-23(3)12-14-25)29(34)21-33(39(5,36)37)26-15-17-28(18-16-26)38-27-9-7-6-8-10-27/h6-18,22,24H,19-21H2,1-5H3,(H,31,35)/t24-/m0/s1. The van der Waals surface area contributed by atoms with E-state index in [0.29, 0.717) is 23.7 Å². The fraction of sp³-hybridized carbons (Fsp3) is 0.333. The lowest BCUT2D eigenvalue weighted by Gasteiger charge is -2.31. The highest BCUT2D eigenvalue weighted by Gasteiger charge is 2.30. The maximum atomic E-state index is 13.7. The van der Waals surface area contributed by atoms with Crippen LogP contribution in [0.5, 0.6) is 11.5 Å². The monoisotopic (exact) mass is 551 g/mol. The van der Waals surface area contributed by atoms with Crippen LogP contribution >= 0.6 is 0 Å². The Morgan fingerprint density at radius 3 is 2.03 bits per heavy atom. The summed E-state index contributed by atoms with van der Waals surface area (Å²) in [6, 6.07) is 22.6. The Balaban J connectivity index is 1.84. The highest BCUT2D eigenvalue weighted by molar-refractivity contribution is 7.92. The first kappa shape index (κ1) is 29.7. The van der Waals surface area contributed by atoms with E-state index in [2.05, 4.69) is 5.32 Å². The molecular formula is C30H37N3O5S. The number of amides is 2. The molecule has 0 aliphatic heterocycles. The van der Waals surface area contributed by atoms with E-state index >= 15 is 0 Å². The van der Waals surface area contributed by atoms with Gasteiger partial charge in [0, 0.05) is 13.1 Å². The van der Waals surface area contributed by atoms with Crippen molar-refractivity contribution in [2.45, 2.75) is 40.3 Å². The third kappa shape index (κ3) is 8.85. The highest BCUT2D eigenvalue weighted by atomic mass is 32.2. The average molecular weight is 552 g/mol. The Labute approximate surface area is 231 Å². The van der Waals surface area contributed by atoms with Crippen molar-refractivity contribution in [2.24, 2.45) is 5.92 Å². The molecule has 9 heteroatoms. The van der Waals surface area contributed by atoms with Crippen LogP contribution in [0.15, 0.2) is 78.9 Å². The van der Waals surface area contributed by atoms with Gasteiger partial charge in [0.1, 0.15) is 24.1 Å². The number of anilines is 1. The van der Waals surface area contributed by atoms with Crippen molar-refractivity contribution >= 4 is 27.5 Å². The summed E-state index contributed by atoms with van der Waals surface area (Å²) in [6.07, 6.45) is 1.05. The van der Waals surface area contributed by atoms with E-state index in [1.54, 1.807) is 31.2 Å². The summed E-state index contributed by atoms with van der Waals surface area (Å²) >= 11 is 0. The van der Waals surface area contributed by atoms with Crippen LogP contribution in [0.25, 0.3) is 0 Å². The number of nitrogens with one attached hydrogen (secondary N) is 1. The topological polar surface area (TPSA) is 96.0 Å². The Hall–Kier alpha value is -3.85. The van der Waals surface area contributed by atoms with E-state index in [1.807, 2.05) is 75.4 Å². The summed E-state index contributed by atoms with van der Waals surface area (Å²) in [4.78, 5) is 28.0. The summed E-state index contributed by atoms with van der Waals surface area (Å²) in [5.74, 6) is 0.644. The molecule has 1 N–H and O–H groups in total. The molecule has 0 aromatic heterocycles. The zero-order chi connectivity index (χ0) is 28.6. The lowest BCUT2D eigenvalue weighted by Crippen LogP contribution is -2.51. The number of hydrogen-bond acceptors (Lipinski definition) is 5. The minimum Gasteiger partial charge on any atom is -0.457 e. The fourth-order valence-corrected chi connectivity index (χ4v) is 4.69. The third-order valence-corrected chi connectivity index (χ3v) is 7.25. The number of aryl methyl sites for hydroxylation is 1. The van der Waals surface area contributed by atoms with Gasteiger partial charge in [-0.25, -0.2) is 8.42 Å². The van der Waals surface area contributed by atoms with E-state index in [-0.39, 0.29) is 18.4 Å². The molecule has 0 spiro atoms. The van der Waals surface area contributed by atoms with Crippen molar-refractivity contribution in [2.75, 3.05) is 23.7 Å². The number of benzene rings is 3. The van der Waals surface area contributed by atoms with Gasteiger partial charge in [0.25, 0.3) is 0 Å². The molecular weight excluding hydrogens is 514 g/mol. The van der Waals surface area contributed by atoms with Gasteiger partial charge in [0.05, 0.1) is 11.9 Å². The molecule has 8 nitrogen and oxygen atoms in total. The van der Waals surface area contributed by atoms with Crippen LogP contribution in [0.2, 0.25) is 0 Å². The normalized spacial score (nSPS) is 12.1. The van der Waals surface area contributed by atoms with Crippen LogP contribution in [-0.4, -0.2) is 50.5 Å². The van der Waals surface area contributed by atoms with E-state index < -0.39 is 28.5 Å². The van der Waals surface area contributed by atoms with Crippen LogP contribution in [0.4, 0.5) is 5.69 Å². The van der Waals surface area contributed by atoms with Gasteiger partial charge < -0.3 is 15.0 Å². The van der Waals surface area contributed by atoms with Crippen molar-refractivity contribution in [1.29, 1.82) is 0 Å². The van der Waals surface area contributed by atoms with Crippen LogP contribution in [-0.2, 0) is 26.2 Å². The van der Waals surface area contributed by atoms with Crippen LogP contribution in [0, 0.1) is 12.8 Å². The maximum absolute atomic E-state index is 13.7. The molecule has 0 heterocycles. The molecule has 3 aromatic carbocycles. The van der Waals surface area contributed by atoms with Gasteiger partial charge in [0.2, 0.25) is 21.8 Å². The van der Waals surface area contributed by atoms with E-state index in [4.69, 9.17) is 4.74 Å². The number of sulfonamides is 1. The average Bonchev–Trinajstić information content (AvgIpc) is 2.90. The van der Waals surface area contributed by atoms with E-state index in [0.717, 1.165) is 21.7 Å². The summed E-state index contributed by atoms with van der Waals surface area (Å²) in [6.45, 7) is 7.78. The zero-order valence-electron chi connectivity index (χ0n) is 23.1. The zero-order valence-corrected chi connectivity index (χ0v) is 23.9. The van der Waals surface area contributed by atoms with Gasteiger partial charge in [0.15, 0.2) is 0 Å². The number of carbonyl (C=O) groups is 2. The van der Waals surface area contributed by atoms with E-state index in [1.165, 1.54) is 4.90 Å². The predicted molar refractivity (Wildman–Crippen MR) is 154 cm³/mol. The molecule has 3 rings (SSSR count). The molecule has 0 unspecified atom stereocenters. The molecule has 0 saturated carbocycles. The smallest absolute Gasteiger partial charge is 0.244 e. The number of nitrogens with zero attached hydrogens (tertiary/aromatic N) is 2. The largest absolute Gasteiger partial charge is 0.457 e. The van der Waals surface area contributed by atoms with Gasteiger partial charge >= 0.3 is 0 Å². The second-order valence-corrected chi connectivity index (χ2v) is 11.9. The minimum absolute atomic E-state index is 0.164. The third-order valence-electron chi connectivity index (χ3n) is 6.11. The second kappa shape index (κ2) is 13.3. The summed E-state index contributed by atoms with van der Waals surface area (Å²) in [5.41, 5.74) is 2.23. The van der Waals surface area contributed by atoms with Crippen molar-refractivity contribution in [3.63, 3.8) is 0 Å². The first-order chi connectivity index (χ1) is 18.4. The number of ether oxygens (including phenoxy) is 1. The Morgan fingerprint density at radius 1 is 0.872 bits per heavy atom. The molecule has 0 aliphatic rings. The summed E-state index contributed by atoms with van der Waals surface area (Å²) < 4.78 is 32.4. The molecule has 0 saturated heterocycles. The quantitative estimate of drug-likeness (QED) is 0.351. The second-order valence-electron chi connectivity index (χ2n) is 10.0. The van der Waals surface area contributed by atoms with Crippen molar-refractivity contribution < 1.29 is 22.7 Å². The van der Waals surface area contributed by atoms with Gasteiger partial charge in [-0.1, -0.05) is 61.9 Å². The van der Waals surface area contributed by atoms with Gasteiger partial charge in [-0.15, -0.1) is 0 Å². The molecule has 0 fully saturated rings. The first-order valence-corrected chi connectivity index (χ1v) is 14.7. The Kier molecular flexibility index (Phi) is 10.1. The molecule has 2 amide bonds. The van der Waals surface area contributed by atoms with Crippen LogP contribution in [0.3, 0.4) is 0 Å². The number of para-hydroxylation sites is 1. The van der Waals surface area contributed by atoms with Crippen molar-refractivity contribution in [3.05, 3.63) is 90.0 Å².